The molecule has 58 valence electrons. The quantitative estimate of drug-likeness (QED) is 0.356. The van der Waals surface area contributed by atoms with Crippen molar-refractivity contribution in [3.05, 3.63) is 12.3 Å². The first kappa shape index (κ1) is 9.50. The molecule has 0 amide bonds. The third-order valence-electron chi connectivity index (χ3n) is 1.11. The Labute approximate surface area is 66.8 Å². The highest BCUT2D eigenvalue weighted by atomic mass is 35.5. The monoisotopic (exact) mass is 160 g/mol. The van der Waals surface area contributed by atoms with Crippen molar-refractivity contribution < 1.29 is 0 Å². The van der Waals surface area contributed by atoms with Crippen LogP contribution in [0.1, 0.15) is 20.8 Å². The Hall–Kier alpha value is -0.500. The molecule has 0 unspecified atom stereocenters. The van der Waals surface area contributed by atoms with Gasteiger partial charge in [0.15, 0.2) is 5.29 Å². The Morgan fingerprint density at radius 3 is 2.00 bits per heavy atom. The van der Waals surface area contributed by atoms with E-state index < -0.39 is 0 Å². The fourth-order valence-electron chi connectivity index (χ4n) is 0.297. The average molecular weight is 161 g/mol. The summed E-state index contributed by atoms with van der Waals surface area (Å²) in [7, 11) is 0. The first-order valence-electron chi connectivity index (χ1n) is 3.03. The predicted octanol–water partition coefficient (Wildman–Crippen LogP) is 2.10. The van der Waals surface area contributed by atoms with Crippen LogP contribution in [0.2, 0.25) is 0 Å². The van der Waals surface area contributed by atoms with Crippen LogP contribution < -0.4 is 5.73 Å². The van der Waals surface area contributed by atoms with E-state index >= 15 is 0 Å². The molecule has 0 fully saturated rings. The van der Waals surface area contributed by atoms with Gasteiger partial charge in [-0.25, -0.2) is 4.99 Å². The minimum absolute atomic E-state index is 0.0416. The van der Waals surface area contributed by atoms with Gasteiger partial charge in [-0.15, -0.1) is 0 Å². The van der Waals surface area contributed by atoms with Crippen LogP contribution in [0.3, 0.4) is 0 Å². The van der Waals surface area contributed by atoms with Crippen LogP contribution in [-0.4, -0.2) is 5.29 Å². The Morgan fingerprint density at radius 2 is 1.90 bits per heavy atom. The second-order valence-electron chi connectivity index (χ2n) is 3.13. The van der Waals surface area contributed by atoms with Crippen LogP contribution in [0, 0.1) is 5.41 Å². The normalized spacial score (nSPS) is 13.4. The average Bonchev–Trinajstić information content (AvgIpc) is 1.60. The molecule has 0 aromatic rings. The fraction of sp³-hybridized carbons (Fsp3) is 0.571. The van der Waals surface area contributed by atoms with Crippen LogP contribution in [-0.2, 0) is 0 Å². The summed E-state index contributed by atoms with van der Waals surface area (Å²) >= 11 is 5.35. The maximum atomic E-state index is 5.35. The molecule has 0 aromatic heterocycles. The third-order valence-corrected chi connectivity index (χ3v) is 1.19. The summed E-state index contributed by atoms with van der Waals surface area (Å²) < 4.78 is 0. The van der Waals surface area contributed by atoms with Gasteiger partial charge in [0.25, 0.3) is 0 Å². The summed E-state index contributed by atoms with van der Waals surface area (Å²) in [5.74, 6) is 0. The number of hydrogen-bond acceptors (Lipinski definition) is 1. The van der Waals surface area contributed by atoms with Gasteiger partial charge in [-0.05, 0) is 11.6 Å². The number of amidine groups is 1. The number of nitrogens with zero attached hydrogens (tertiary/aromatic N) is 1. The van der Waals surface area contributed by atoms with Crippen molar-refractivity contribution in [3.63, 3.8) is 0 Å². The van der Waals surface area contributed by atoms with Crippen LogP contribution in [0.25, 0.3) is 0 Å². The lowest BCUT2D eigenvalue weighted by Crippen LogP contribution is -2.10. The molecule has 0 aliphatic heterocycles. The summed E-state index contributed by atoms with van der Waals surface area (Å²) in [5.41, 5.74) is 5.78. The lowest BCUT2D eigenvalue weighted by molar-refractivity contribution is 0.501. The molecule has 0 atom stereocenters. The van der Waals surface area contributed by atoms with E-state index in [0.29, 0.717) is 5.70 Å². The van der Waals surface area contributed by atoms with Gasteiger partial charge in [-0.1, -0.05) is 27.4 Å². The van der Waals surface area contributed by atoms with E-state index in [4.69, 9.17) is 17.3 Å². The van der Waals surface area contributed by atoms with Crippen molar-refractivity contribution in [2.75, 3.05) is 0 Å². The standard InChI is InChI=1S/C7H13ClN2/c1-5(7(2,3)4)10-6(8)9/h1H2,2-4H3,(H2,9,10). The second kappa shape index (κ2) is 3.06. The van der Waals surface area contributed by atoms with Gasteiger partial charge in [0.05, 0.1) is 0 Å². The third kappa shape index (κ3) is 3.51. The van der Waals surface area contributed by atoms with E-state index in [0.717, 1.165) is 0 Å². The van der Waals surface area contributed by atoms with Crippen molar-refractivity contribution >= 4 is 16.9 Å². The summed E-state index contributed by atoms with van der Waals surface area (Å²) in [6.07, 6.45) is 0. The number of nitrogens with two attached hydrogens (primary N) is 1. The Kier molecular flexibility index (Phi) is 2.91. The van der Waals surface area contributed by atoms with E-state index in [1.807, 2.05) is 20.8 Å². The van der Waals surface area contributed by atoms with Crippen LogP contribution >= 0.6 is 11.6 Å². The van der Waals surface area contributed by atoms with Crippen molar-refractivity contribution in [1.82, 2.24) is 0 Å². The van der Waals surface area contributed by atoms with Crippen LogP contribution in [0.4, 0.5) is 0 Å². The lowest BCUT2D eigenvalue weighted by Gasteiger charge is -2.17. The maximum Gasteiger partial charge on any atom is 0.193 e. The van der Waals surface area contributed by atoms with Crippen molar-refractivity contribution in [2.45, 2.75) is 20.8 Å². The first-order valence-corrected chi connectivity index (χ1v) is 3.41. The fourth-order valence-corrected chi connectivity index (χ4v) is 0.399. The molecule has 2 N–H and O–H groups in total. The molecule has 10 heavy (non-hydrogen) atoms. The molecule has 0 saturated heterocycles. The molecule has 2 nitrogen and oxygen atoms in total. The van der Waals surface area contributed by atoms with Gasteiger partial charge < -0.3 is 5.73 Å². The zero-order chi connectivity index (χ0) is 8.36. The predicted molar refractivity (Wildman–Crippen MR) is 46.1 cm³/mol. The first-order chi connectivity index (χ1) is 4.34. The number of rotatable bonds is 1. The molecule has 0 heterocycles. The van der Waals surface area contributed by atoms with Gasteiger partial charge >= 0.3 is 0 Å². The van der Waals surface area contributed by atoms with Crippen molar-refractivity contribution in [3.8, 4) is 0 Å². The van der Waals surface area contributed by atoms with Gasteiger partial charge in [0.1, 0.15) is 0 Å². The van der Waals surface area contributed by atoms with E-state index in [-0.39, 0.29) is 10.7 Å². The van der Waals surface area contributed by atoms with E-state index in [2.05, 4.69) is 11.6 Å². The zero-order valence-electron chi connectivity index (χ0n) is 6.61. The summed E-state index contributed by atoms with van der Waals surface area (Å²) in [5, 5.41) is 0.0416. The SMILES string of the molecule is C=C(N=C(N)Cl)C(C)(C)C. The summed E-state index contributed by atoms with van der Waals surface area (Å²) in [6, 6.07) is 0. The van der Waals surface area contributed by atoms with Crippen molar-refractivity contribution in [2.24, 2.45) is 16.1 Å². The highest BCUT2D eigenvalue weighted by molar-refractivity contribution is 6.64. The highest BCUT2D eigenvalue weighted by Crippen LogP contribution is 2.24. The molecule has 0 spiro atoms. The molecular formula is C7H13ClN2. The number of hydrogen-bond donors (Lipinski definition) is 1. The van der Waals surface area contributed by atoms with E-state index in [1.165, 1.54) is 0 Å². The number of aliphatic imine (C=N–C) groups is 1. The topological polar surface area (TPSA) is 38.4 Å². The Balaban J connectivity index is 4.27. The molecule has 0 radical (unpaired) electrons. The summed E-state index contributed by atoms with van der Waals surface area (Å²) in [6.45, 7) is 9.71. The lowest BCUT2D eigenvalue weighted by atomic mass is 9.93. The Morgan fingerprint density at radius 1 is 1.50 bits per heavy atom. The van der Waals surface area contributed by atoms with Gasteiger partial charge in [0, 0.05) is 11.1 Å². The zero-order valence-corrected chi connectivity index (χ0v) is 7.37. The largest absolute Gasteiger partial charge is 0.374 e. The molecule has 0 saturated carbocycles. The molecule has 0 rings (SSSR count). The van der Waals surface area contributed by atoms with Gasteiger partial charge in [-0.3, -0.25) is 0 Å². The molecule has 0 aliphatic carbocycles. The van der Waals surface area contributed by atoms with E-state index in [9.17, 15) is 0 Å². The minimum Gasteiger partial charge on any atom is -0.374 e. The summed E-state index contributed by atoms with van der Waals surface area (Å²) in [4.78, 5) is 3.81. The minimum atomic E-state index is -0.0560. The highest BCUT2D eigenvalue weighted by Gasteiger charge is 2.13. The van der Waals surface area contributed by atoms with Crippen LogP contribution in [0.15, 0.2) is 17.3 Å². The van der Waals surface area contributed by atoms with E-state index in [1.54, 1.807) is 0 Å². The van der Waals surface area contributed by atoms with Gasteiger partial charge in [0.2, 0.25) is 0 Å². The number of halogens is 1. The van der Waals surface area contributed by atoms with Gasteiger partial charge in [-0.2, -0.15) is 0 Å². The maximum absolute atomic E-state index is 5.35. The molecule has 3 heteroatoms. The second-order valence-corrected chi connectivity index (χ2v) is 3.52. The molecule has 0 bridgehead atoms. The molecule has 0 aromatic carbocycles. The number of allylic oxidation sites excluding steroid dienone is 1. The Bertz CT molecular complexity index is 161. The van der Waals surface area contributed by atoms with Crippen molar-refractivity contribution in [1.29, 1.82) is 0 Å². The molecular weight excluding hydrogens is 148 g/mol. The smallest absolute Gasteiger partial charge is 0.193 e. The molecule has 0 aliphatic rings. The van der Waals surface area contributed by atoms with Crippen LogP contribution in [0.5, 0.6) is 0 Å².